The molecule has 0 heterocycles. The topological polar surface area (TPSA) is 33.0 Å². The van der Waals surface area contributed by atoms with E-state index in [2.05, 4.69) is 4.74 Å². The highest BCUT2D eigenvalue weighted by molar-refractivity contribution is 6.32. The molecule has 6 heteroatoms. The number of rotatable bonds is 2. The first-order valence-corrected chi connectivity index (χ1v) is 5.83. The summed E-state index contributed by atoms with van der Waals surface area (Å²) >= 11 is 5.90. The van der Waals surface area contributed by atoms with E-state index in [0.29, 0.717) is 21.7 Å². The van der Waals surface area contributed by atoms with E-state index in [1.807, 2.05) is 6.07 Å². The zero-order valence-corrected chi connectivity index (χ0v) is 10.7. The highest BCUT2D eigenvalue weighted by Crippen LogP contribution is 2.28. The van der Waals surface area contributed by atoms with Crippen molar-refractivity contribution in [1.82, 2.24) is 0 Å². The molecule has 0 atom stereocenters. The monoisotopic (exact) mass is 297 g/mol. The molecule has 2 aromatic rings. The van der Waals surface area contributed by atoms with Crippen molar-refractivity contribution in [2.45, 2.75) is 6.36 Å². The van der Waals surface area contributed by atoms with Gasteiger partial charge >= 0.3 is 6.36 Å². The average molecular weight is 298 g/mol. The fourth-order valence-electron chi connectivity index (χ4n) is 1.63. The minimum absolute atomic E-state index is 0.291. The van der Waals surface area contributed by atoms with Crippen LogP contribution in [-0.2, 0) is 0 Å². The molecule has 0 aliphatic heterocycles. The number of halogens is 4. The van der Waals surface area contributed by atoms with Gasteiger partial charge in [0.05, 0.1) is 10.6 Å². The molecule has 0 fully saturated rings. The zero-order valence-electron chi connectivity index (χ0n) is 9.91. The van der Waals surface area contributed by atoms with Crippen molar-refractivity contribution in [2.24, 2.45) is 0 Å². The molecule has 2 nitrogen and oxygen atoms in total. The lowest BCUT2D eigenvalue weighted by Gasteiger charge is -2.09. The van der Waals surface area contributed by atoms with Crippen LogP contribution in [0.25, 0.3) is 11.1 Å². The Labute approximate surface area is 118 Å². The first kappa shape index (κ1) is 14.2. The second-order valence-corrected chi connectivity index (χ2v) is 4.29. The van der Waals surface area contributed by atoms with Gasteiger partial charge in [-0.2, -0.15) is 5.26 Å². The normalized spacial score (nSPS) is 10.9. The Kier molecular flexibility index (Phi) is 3.86. The van der Waals surface area contributed by atoms with Gasteiger partial charge in [-0.05, 0) is 35.4 Å². The average Bonchev–Trinajstić information content (AvgIpc) is 2.37. The fourth-order valence-corrected chi connectivity index (χ4v) is 1.86. The first-order chi connectivity index (χ1) is 9.39. The molecule has 102 valence electrons. The molecule has 0 spiro atoms. The molecule has 0 amide bonds. The lowest BCUT2D eigenvalue weighted by Crippen LogP contribution is -2.16. The van der Waals surface area contributed by atoms with Gasteiger partial charge in [0.1, 0.15) is 11.8 Å². The zero-order chi connectivity index (χ0) is 14.8. The molecule has 0 unspecified atom stereocenters. The number of benzene rings is 2. The number of hydrogen-bond acceptors (Lipinski definition) is 2. The molecule has 0 aliphatic rings. The third kappa shape index (κ3) is 3.43. The number of alkyl halides is 3. The van der Waals surface area contributed by atoms with E-state index in [0.717, 1.165) is 0 Å². The summed E-state index contributed by atoms with van der Waals surface area (Å²) in [5, 5.41) is 9.06. The van der Waals surface area contributed by atoms with Crippen LogP contribution >= 0.6 is 11.6 Å². The van der Waals surface area contributed by atoms with Gasteiger partial charge < -0.3 is 4.74 Å². The lowest BCUT2D eigenvalue weighted by molar-refractivity contribution is -0.274. The molecule has 2 rings (SSSR count). The van der Waals surface area contributed by atoms with E-state index in [9.17, 15) is 13.2 Å². The summed E-state index contributed by atoms with van der Waals surface area (Å²) in [7, 11) is 0. The Balaban J connectivity index is 2.26. The van der Waals surface area contributed by atoms with Gasteiger partial charge in [-0.15, -0.1) is 13.2 Å². The maximum absolute atomic E-state index is 12.0. The van der Waals surface area contributed by atoms with Gasteiger partial charge in [0.25, 0.3) is 0 Å². The SMILES string of the molecule is N#Cc1ccc(-c2ccc(OC(F)(F)F)cc2)cc1Cl. The fraction of sp³-hybridized carbons (Fsp3) is 0.0714. The van der Waals surface area contributed by atoms with Gasteiger partial charge in [-0.25, -0.2) is 0 Å². The second-order valence-electron chi connectivity index (χ2n) is 3.88. The Bertz CT molecular complexity index is 660. The van der Waals surface area contributed by atoms with Crippen LogP contribution in [0.15, 0.2) is 42.5 Å². The van der Waals surface area contributed by atoms with E-state index in [1.54, 1.807) is 18.2 Å². The summed E-state index contributed by atoms with van der Waals surface area (Å²) in [5.41, 5.74) is 1.71. The Hall–Kier alpha value is -2.19. The quantitative estimate of drug-likeness (QED) is 0.799. The highest BCUT2D eigenvalue weighted by atomic mass is 35.5. The maximum Gasteiger partial charge on any atom is 0.573 e. The van der Waals surface area contributed by atoms with Gasteiger partial charge in [-0.3, -0.25) is 0 Å². The number of nitriles is 1. The number of hydrogen-bond donors (Lipinski definition) is 0. The molecule has 0 saturated carbocycles. The number of nitrogens with zero attached hydrogens (tertiary/aromatic N) is 1. The van der Waals surface area contributed by atoms with Crippen molar-refractivity contribution in [1.29, 1.82) is 5.26 Å². The molecule has 0 aliphatic carbocycles. The third-order valence-corrected chi connectivity index (χ3v) is 2.82. The van der Waals surface area contributed by atoms with Gasteiger partial charge in [0, 0.05) is 0 Å². The van der Waals surface area contributed by atoms with E-state index in [1.165, 1.54) is 24.3 Å². The summed E-state index contributed by atoms with van der Waals surface area (Å²) in [6, 6.07) is 12.1. The maximum atomic E-state index is 12.0. The standard InChI is InChI=1S/C14H7ClF3NO/c15-13-7-10(1-2-11(13)8-19)9-3-5-12(6-4-9)20-14(16,17)18/h1-7H. The van der Waals surface area contributed by atoms with Gasteiger partial charge in [0.2, 0.25) is 0 Å². The molecule has 0 radical (unpaired) electrons. The van der Waals surface area contributed by atoms with E-state index in [-0.39, 0.29) is 5.75 Å². The van der Waals surface area contributed by atoms with Crippen molar-refractivity contribution < 1.29 is 17.9 Å². The summed E-state index contributed by atoms with van der Waals surface area (Å²) in [6.07, 6.45) is -4.71. The smallest absolute Gasteiger partial charge is 0.406 e. The van der Waals surface area contributed by atoms with Crippen LogP contribution in [0.2, 0.25) is 5.02 Å². The van der Waals surface area contributed by atoms with Crippen molar-refractivity contribution in [3.63, 3.8) is 0 Å². The summed E-state index contributed by atoms with van der Waals surface area (Å²) in [5.74, 6) is -0.291. The van der Waals surface area contributed by atoms with Crippen molar-refractivity contribution >= 4 is 11.6 Å². The lowest BCUT2D eigenvalue weighted by atomic mass is 10.0. The van der Waals surface area contributed by atoms with E-state index < -0.39 is 6.36 Å². The Morgan fingerprint density at radius 2 is 1.60 bits per heavy atom. The van der Waals surface area contributed by atoms with Crippen LogP contribution in [-0.4, -0.2) is 6.36 Å². The summed E-state index contributed by atoms with van der Waals surface area (Å²) < 4.78 is 39.9. The predicted molar refractivity (Wildman–Crippen MR) is 68.3 cm³/mol. The van der Waals surface area contributed by atoms with Crippen LogP contribution in [0.5, 0.6) is 5.75 Å². The molecule has 2 aromatic carbocycles. The molecule has 20 heavy (non-hydrogen) atoms. The molecular formula is C14H7ClF3NO. The van der Waals surface area contributed by atoms with Gasteiger partial charge in [-0.1, -0.05) is 29.8 Å². The molecule has 0 N–H and O–H groups in total. The summed E-state index contributed by atoms with van der Waals surface area (Å²) in [4.78, 5) is 0. The van der Waals surface area contributed by atoms with Crippen molar-refractivity contribution in [2.75, 3.05) is 0 Å². The van der Waals surface area contributed by atoms with Crippen molar-refractivity contribution in [3.8, 4) is 22.9 Å². The van der Waals surface area contributed by atoms with Crippen LogP contribution in [0, 0.1) is 11.3 Å². The van der Waals surface area contributed by atoms with Crippen LogP contribution in [0.3, 0.4) is 0 Å². The van der Waals surface area contributed by atoms with Gasteiger partial charge in [0.15, 0.2) is 0 Å². The largest absolute Gasteiger partial charge is 0.573 e. The van der Waals surface area contributed by atoms with Crippen LogP contribution in [0.4, 0.5) is 13.2 Å². The third-order valence-electron chi connectivity index (χ3n) is 2.51. The first-order valence-electron chi connectivity index (χ1n) is 5.45. The minimum atomic E-state index is -4.71. The Morgan fingerprint density at radius 3 is 2.10 bits per heavy atom. The van der Waals surface area contributed by atoms with Crippen LogP contribution in [0.1, 0.15) is 5.56 Å². The molecule has 0 aromatic heterocycles. The molecule has 0 bridgehead atoms. The van der Waals surface area contributed by atoms with E-state index >= 15 is 0 Å². The summed E-state index contributed by atoms with van der Waals surface area (Å²) in [6.45, 7) is 0. The highest BCUT2D eigenvalue weighted by Gasteiger charge is 2.30. The van der Waals surface area contributed by atoms with E-state index in [4.69, 9.17) is 16.9 Å². The minimum Gasteiger partial charge on any atom is -0.406 e. The van der Waals surface area contributed by atoms with Crippen LogP contribution < -0.4 is 4.74 Å². The molecule has 0 saturated heterocycles. The molecular weight excluding hydrogens is 291 g/mol. The Morgan fingerprint density at radius 1 is 1.00 bits per heavy atom. The van der Waals surface area contributed by atoms with Crippen molar-refractivity contribution in [3.05, 3.63) is 53.1 Å². The second kappa shape index (κ2) is 5.43. The predicted octanol–water partition coefficient (Wildman–Crippen LogP) is 4.78. The number of ether oxygens (including phenoxy) is 1.